The van der Waals surface area contributed by atoms with Crippen molar-refractivity contribution in [3.8, 4) is 0 Å². The van der Waals surface area contributed by atoms with Gasteiger partial charge < -0.3 is 11.1 Å². The maximum absolute atomic E-state index is 12.2. The first-order valence-corrected chi connectivity index (χ1v) is 7.57. The van der Waals surface area contributed by atoms with Gasteiger partial charge in [0.1, 0.15) is 0 Å². The van der Waals surface area contributed by atoms with Crippen LogP contribution in [0.1, 0.15) is 58.8 Å². The molecule has 0 radical (unpaired) electrons. The maximum atomic E-state index is 12.2. The predicted octanol–water partition coefficient (Wildman–Crippen LogP) is 2.45. The Hall–Kier alpha value is -0.570. The van der Waals surface area contributed by atoms with Crippen LogP contribution in [0.2, 0.25) is 0 Å². The highest BCUT2D eigenvalue weighted by molar-refractivity contribution is 5.77. The molecule has 0 aromatic rings. The van der Waals surface area contributed by atoms with E-state index in [0.717, 1.165) is 31.1 Å². The number of fused-ring (bicyclic) bond motifs is 2. The third kappa shape index (κ3) is 3.05. The Balaban J connectivity index is 1.81. The summed E-state index contributed by atoms with van der Waals surface area (Å²) in [5.41, 5.74) is 5.52. The Morgan fingerprint density at radius 2 is 2.17 bits per heavy atom. The Kier molecular flexibility index (Phi) is 4.31. The van der Waals surface area contributed by atoms with E-state index in [-0.39, 0.29) is 11.4 Å². The van der Waals surface area contributed by atoms with Crippen LogP contribution in [-0.2, 0) is 4.79 Å². The number of nitrogens with one attached hydrogen (secondary N) is 1. The van der Waals surface area contributed by atoms with E-state index in [2.05, 4.69) is 19.2 Å². The highest BCUT2D eigenvalue weighted by Gasteiger charge is 2.40. The van der Waals surface area contributed by atoms with Gasteiger partial charge in [-0.15, -0.1) is 0 Å². The zero-order valence-electron chi connectivity index (χ0n) is 11.9. The molecule has 2 aliphatic carbocycles. The number of carbonyl (C=O) groups excluding carboxylic acids is 1. The van der Waals surface area contributed by atoms with Gasteiger partial charge in [0.25, 0.3) is 0 Å². The van der Waals surface area contributed by atoms with Crippen LogP contribution >= 0.6 is 0 Å². The molecule has 18 heavy (non-hydrogen) atoms. The molecule has 0 aromatic carbocycles. The van der Waals surface area contributed by atoms with Crippen LogP contribution in [0.15, 0.2) is 0 Å². The van der Waals surface area contributed by atoms with E-state index in [1.165, 1.54) is 25.7 Å². The Morgan fingerprint density at radius 1 is 1.39 bits per heavy atom. The summed E-state index contributed by atoms with van der Waals surface area (Å²) >= 11 is 0. The third-order valence-electron chi connectivity index (χ3n) is 5.25. The van der Waals surface area contributed by atoms with E-state index in [9.17, 15) is 4.79 Å². The molecule has 104 valence electrons. The van der Waals surface area contributed by atoms with E-state index >= 15 is 0 Å². The summed E-state index contributed by atoms with van der Waals surface area (Å²) < 4.78 is 0. The lowest BCUT2D eigenvalue weighted by Crippen LogP contribution is -2.47. The van der Waals surface area contributed by atoms with Gasteiger partial charge in [0.15, 0.2) is 0 Å². The summed E-state index contributed by atoms with van der Waals surface area (Å²) in [7, 11) is 0. The molecule has 0 spiro atoms. The van der Waals surface area contributed by atoms with Crippen LogP contribution in [0, 0.1) is 17.8 Å². The lowest BCUT2D eigenvalue weighted by molar-refractivity contribution is -0.124. The van der Waals surface area contributed by atoms with E-state index < -0.39 is 0 Å². The first kappa shape index (κ1) is 13.9. The van der Waals surface area contributed by atoms with Gasteiger partial charge in [0, 0.05) is 12.0 Å². The standard InChI is InChI=1S/C15H28N2O/c1-3-15(2,6-7-16)17-14(18)10-13-9-11-4-5-12(13)8-11/h11-13H,3-10,16H2,1-2H3,(H,17,18). The van der Waals surface area contributed by atoms with Crippen molar-refractivity contribution in [2.75, 3.05) is 6.54 Å². The van der Waals surface area contributed by atoms with Gasteiger partial charge in [0.2, 0.25) is 5.91 Å². The van der Waals surface area contributed by atoms with Crippen LogP contribution in [0.5, 0.6) is 0 Å². The minimum absolute atomic E-state index is 0.108. The van der Waals surface area contributed by atoms with Crippen molar-refractivity contribution in [1.82, 2.24) is 5.32 Å². The summed E-state index contributed by atoms with van der Waals surface area (Å²) in [6.45, 7) is 4.87. The molecule has 3 heteroatoms. The summed E-state index contributed by atoms with van der Waals surface area (Å²) in [5, 5.41) is 3.21. The SMILES string of the molecule is CCC(C)(CCN)NC(=O)CC1CC2CCC1C2. The second-order valence-electron chi connectivity index (χ2n) is 6.64. The molecule has 0 saturated heterocycles. The average molecular weight is 252 g/mol. The van der Waals surface area contributed by atoms with Gasteiger partial charge in [-0.2, -0.15) is 0 Å². The lowest BCUT2D eigenvalue weighted by atomic mass is 9.85. The number of nitrogens with two attached hydrogens (primary N) is 1. The summed E-state index contributed by atoms with van der Waals surface area (Å²) in [4.78, 5) is 12.2. The zero-order chi connectivity index (χ0) is 13.2. The Labute approximate surface area is 111 Å². The molecule has 1 amide bonds. The summed E-state index contributed by atoms with van der Waals surface area (Å²) in [6.07, 6.45) is 7.99. The molecule has 2 fully saturated rings. The molecule has 0 heterocycles. The van der Waals surface area contributed by atoms with Crippen molar-refractivity contribution in [3.63, 3.8) is 0 Å². The molecule has 3 N–H and O–H groups in total. The van der Waals surface area contributed by atoms with Crippen LogP contribution in [0.25, 0.3) is 0 Å². The van der Waals surface area contributed by atoms with E-state index in [1.54, 1.807) is 0 Å². The van der Waals surface area contributed by atoms with Crippen LogP contribution in [-0.4, -0.2) is 18.0 Å². The fraction of sp³-hybridized carbons (Fsp3) is 0.933. The van der Waals surface area contributed by atoms with Gasteiger partial charge in [-0.3, -0.25) is 4.79 Å². The van der Waals surface area contributed by atoms with Crippen molar-refractivity contribution in [2.45, 2.75) is 64.3 Å². The first-order chi connectivity index (χ1) is 8.56. The largest absolute Gasteiger partial charge is 0.351 e. The second-order valence-corrected chi connectivity index (χ2v) is 6.64. The summed E-state index contributed by atoms with van der Waals surface area (Å²) in [6, 6.07) is 0. The smallest absolute Gasteiger partial charge is 0.220 e. The lowest BCUT2D eigenvalue weighted by Gasteiger charge is -2.30. The quantitative estimate of drug-likeness (QED) is 0.763. The van der Waals surface area contributed by atoms with Gasteiger partial charge >= 0.3 is 0 Å². The van der Waals surface area contributed by atoms with Crippen molar-refractivity contribution in [2.24, 2.45) is 23.5 Å². The van der Waals surface area contributed by atoms with Crippen LogP contribution in [0.3, 0.4) is 0 Å². The fourth-order valence-corrected chi connectivity index (χ4v) is 3.90. The third-order valence-corrected chi connectivity index (χ3v) is 5.25. The molecular weight excluding hydrogens is 224 g/mol. The normalized spacial score (nSPS) is 33.4. The van der Waals surface area contributed by atoms with E-state index in [1.807, 2.05) is 0 Å². The minimum Gasteiger partial charge on any atom is -0.351 e. The molecular formula is C15H28N2O. The van der Waals surface area contributed by atoms with E-state index in [0.29, 0.717) is 12.5 Å². The Morgan fingerprint density at radius 3 is 2.67 bits per heavy atom. The van der Waals surface area contributed by atoms with Crippen molar-refractivity contribution < 1.29 is 4.79 Å². The second kappa shape index (κ2) is 5.60. The highest BCUT2D eigenvalue weighted by Crippen LogP contribution is 2.49. The maximum Gasteiger partial charge on any atom is 0.220 e. The Bertz CT molecular complexity index is 305. The van der Waals surface area contributed by atoms with Crippen LogP contribution < -0.4 is 11.1 Å². The predicted molar refractivity (Wildman–Crippen MR) is 74.1 cm³/mol. The molecule has 0 aliphatic heterocycles. The monoisotopic (exact) mass is 252 g/mol. The first-order valence-electron chi connectivity index (χ1n) is 7.57. The van der Waals surface area contributed by atoms with Gasteiger partial charge in [-0.05, 0) is 63.3 Å². The van der Waals surface area contributed by atoms with E-state index in [4.69, 9.17) is 5.73 Å². The van der Waals surface area contributed by atoms with Gasteiger partial charge in [0.05, 0.1) is 0 Å². The number of hydrogen-bond donors (Lipinski definition) is 2. The number of carbonyl (C=O) groups is 1. The van der Waals surface area contributed by atoms with Crippen molar-refractivity contribution >= 4 is 5.91 Å². The van der Waals surface area contributed by atoms with Crippen molar-refractivity contribution in [3.05, 3.63) is 0 Å². The molecule has 2 aliphatic rings. The molecule has 3 nitrogen and oxygen atoms in total. The molecule has 2 saturated carbocycles. The highest BCUT2D eigenvalue weighted by atomic mass is 16.1. The topological polar surface area (TPSA) is 55.1 Å². The molecule has 4 unspecified atom stereocenters. The van der Waals surface area contributed by atoms with Crippen LogP contribution in [0.4, 0.5) is 0 Å². The average Bonchev–Trinajstić information content (AvgIpc) is 2.91. The molecule has 2 rings (SSSR count). The number of hydrogen-bond acceptors (Lipinski definition) is 2. The molecule has 0 aromatic heterocycles. The minimum atomic E-state index is -0.108. The fourth-order valence-electron chi connectivity index (χ4n) is 3.90. The summed E-state index contributed by atoms with van der Waals surface area (Å²) in [5.74, 6) is 2.66. The van der Waals surface area contributed by atoms with Crippen molar-refractivity contribution in [1.29, 1.82) is 0 Å². The number of rotatable bonds is 6. The van der Waals surface area contributed by atoms with Gasteiger partial charge in [-0.25, -0.2) is 0 Å². The number of amides is 1. The zero-order valence-corrected chi connectivity index (χ0v) is 11.9. The molecule has 4 atom stereocenters. The van der Waals surface area contributed by atoms with Gasteiger partial charge in [-0.1, -0.05) is 13.3 Å². The molecule has 2 bridgehead atoms.